The van der Waals surface area contributed by atoms with Crippen LogP contribution in [0, 0.1) is 0 Å². The molecule has 0 fully saturated rings. The lowest BCUT2D eigenvalue weighted by Crippen LogP contribution is -2.32. The molecule has 0 saturated heterocycles. The van der Waals surface area contributed by atoms with Crippen molar-refractivity contribution in [1.29, 1.82) is 0 Å². The van der Waals surface area contributed by atoms with Crippen LogP contribution in [0.4, 0.5) is 0 Å². The summed E-state index contributed by atoms with van der Waals surface area (Å²) in [7, 11) is 0. The number of benzene rings is 8. The van der Waals surface area contributed by atoms with E-state index in [-0.39, 0.29) is 6.17 Å². The van der Waals surface area contributed by atoms with Crippen molar-refractivity contribution in [1.82, 2.24) is 5.32 Å². The highest BCUT2D eigenvalue weighted by Gasteiger charge is 2.50. The quantitative estimate of drug-likeness (QED) is 0.192. The molecule has 3 heteroatoms. The van der Waals surface area contributed by atoms with Gasteiger partial charge in [-0.25, -0.2) is 0 Å². The van der Waals surface area contributed by atoms with Gasteiger partial charge in [0.2, 0.25) is 0 Å². The van der Waals surface area contributed by atoms with Crippen LogP contribution in [-0.2, 0) is 5.41 Å². The number of aliphatic imine (C=N–C) groups is 1. The Morgan fingerprint density at radius 2 is 0.982 bits per heavy atom. The van der Waals surface area contributed by atoms with Crippen molar-refractivity contribution in [3.05, 3.63) is 245 Å². The van der Waals surface area contributed by atoms with E-state index in [2.05, 4.69) is 212 Å². The lowest BCUT2D eigenvalue weighted by Gasteiger charge is -2.39. The van der Waals surface area contributed by atoms with Gasteiger partial charge in [0.1, 0.15) is 17.7 Å². The van der Waals surface area contributed by atoms with Crippen LogP contribution in [0.25, 0.3) is 39.1 Å². The van der Waals surface area contributed by atoms with Crippen LogP contribution in [0.5, 0.6) is 11.5 Å². The Labute approximate surface area is 327 Å². The molecule has 1 unspecified atom stereocenters. The minimum atomic E-state index is -0.495. The zero-order chi connectivity index (χ0) is 37.1. The molecule has 1 atom stereocenters. The van der Waals surface area contributed by atoms with Crippen molar-refractivity contribution in [2.24, 2.45) is 4.99 Å². The summed E-state index contributed by atoms with van der Waals surface area (Å²) >= 11 is 0. The fourth-order valence-electron chi connectivity index (χ4n) is 9.13. The fourth-order valence-corrected chi connectivity index (χ4v) is 9.13. The molecule has 3 aliphatic rings. The van der Waals surface area contributed by atoms with Crippen molar-refractivity contribution in [3.8, 4) is 44.9 Å². The first-order valence-electron chi connectivity index (χ1n) is 19.2. The Hall–Kier alpha value is -7.23. The number of nitrogens with one attached hydrogen (secondary N) is 1. The highest BCUT2D eigenvalue weighted by atomic mass is 16.5. The van der Waals surface area contributed by atoms with Gasteiger partial charge in [-0.2, -0.15) is 0 Å². The van der Waals surface area contributed by atoms with Gasteiger partial charge >= 0.3 is 0 Å². The Balaban J connectivity index is 1.06. The van der Waals surface area contributed by atoms with Crippen LogP contribution >= 0.6 is 0 Å². The monoisotopic (exact) mass is 716 g/mol. The molecule has 1 N–H and O–H groups in total. The summed E-state index contributed by atoms with van der Waals surface area (Å²) in [4.78, 5) is 5.30. The number of ether oxygens (including phenoxy) is 1. The van der Waals surface area contributed by atoms with Crippen molar-refractivity contribution >= 4 is 11.4 Å². The molecule has 0 amide bonds. The molecular weight excluding hydrogens is 681 g/mol. The number of nitrogens with zero attached hydrogens (tertiary/aromatic N) is 1. The summed E-state index contributed by atoms with van der Waals surface area (Å²) in [5.74, 6) is 1.76. The van der Waals surface area contributed by atoms with E-state index in [1.807, 2.05) is 0 Å². The average Bonchev–Trinajstić information content (AvgIpc) is 3.57. The Kier molecular flexibility index (Phi) is 7.46. The van der Waals surface area contributed by atoms with E-state index in [0.717, 1.165) is 61.9 Å². The van der Waals surface area contributed by atoms with Gasteiger partial charge in [-0.1, -0.05) is 182 Å². The maximum Gasteiger partial charge on any atom is 0.145 e. The summed E-state index contributed by atoms with van der Waals surface area (Å²) in [5.41, 5.74) is 16.7. The Morgan fingerprint density at radius 3 is 1.73 bits per heavy atom. The van der Waals surface area contributed by atoms with Gasteiger partial charge in [-0.15, -0.1) is 0 Å². The molecule has 11 rings (SSSR count). The zero-order valence-corrected chi connectivity index (χ0v) is 30.6. The second-order valence-electron chi connectivity index (χ2n) is 14.7. The lowest BCUT2D eigenvalue weighted by molar-refractivity contribution is 0.436. The first-order valence-corrected chi connectivity index (χ1v) is 19.2. The second kappa shape index (κ2) is 13.0. The average molecular weight is 717 g/mol. The van der Waals surface area contributed by atoms with Gasteiger partial charge in [-0.3, -0.25) is 4.99 Å². The maximum absolute atomic E-state index is 6.89. The smallest absolute Gasteiger partial charge is 0.145 e. The van der Waals surface area contributed by atoms with Gasteiger partial charge < -0.3 is 10.1 Å². The summed E-state index contributed by atoms with van der Waals surface area (Å²) in [6, 6.07) is 71.5. The van der Waals surface area contributed by atoms with Crippen LogP contribution in [0.2, 0.25) is 0 Å². The van der Waals surface area contributed by atoms with Gasteiger partial charge in [0.15, 0.2) is 0 Å². The molecule has 3 nitrogen and oxygen atoms in total. The molecule has 2 heterocycles. The van der Waals surface area contributed by atoms with E-state index in [1.165, 1.54) is 33.4 Å². The summed E-state index contributed by atoms with van der Waals surface area (Å²) in [5, 5.41) is 3.82. The number of para-hydroxylation sites is 1. The largest absolute Gasteiger partial charge is 0.457 e. The van der Waals surface area contributed by atoms with Crippen molar-refractivity contribution < 1.29 is 4.74 Å². The van der Waals surface area contributed by atoms with Gasteiger partial charge in [0, 0.05) is 28.0 Å². The van der Waals surface area contributed by atoms with E-state index in [9.17, 15) is 0 Å². The topological polar surface area (TPSA) is 33.6 Å². The SMILES string of the molecule is C1=C(c2ccccc2-c2ccc3c(c2)Oc2ccccc2C32c3ccccc3-c3ccccc32)NC(c2ccccc2)N=C1c1cccc(-c2ccccc2)c1. The highest BCUT2D eigenvalue weighted by Crippen LogP contribution is 2.62. The van der Waals surface area contributed by atoms with Crippen molar-refractivity contribution in [2.45, 2.75) is 11.6 Å². The van der Waals surface area contributed by atoms with Crippen molar-refractivity contribution in [3.63, 3.8) is 0 Å². The first kappa shape index (κ1) is 32.2. The molecule has 0 saturated carbocycles. The van der Waals surface area contributed by atoms with Gasteiger partial charge in [-0.05, 0) is 74.3 Å². The lowest BCUT2D eigenvalue weighted by atomic mass is 9.66. The van der Waals surface area contributed by atoms with E-state index in [1.54, 1.807) is 0 Å². The molecule has 0 bridgehead atoms. The zero-order valence-electron chi connectivity index (χ0n) is 30.6. The Morgan fingerprint density at radius 1 is 0.411 bits per heavy atom. The normalized spacial score (nSPS) is 15.6. The molecule has 8 aromatic rings. The third-order valence-corrected chi connectivity index (χ3v) is 11.6. The van der Waals surface area contributed by atoms with Crippen LogP contribution in [0.3, 0.4) is 0 Å². The van der Waals surface area contributed by atoms with Crippen molar-refractivity contribution in [2.75, 3.05) is 0 Å². The molecule has 2 aliphatic heterocycles. The summed E-state index contributed by atoms with van der Waals surface area (Å²) in [6.07, 6.45) is 1.94. The predicted octanol–water partition coefficient (Wildman–Crippen LogP) is 12.6. The third kappa shape index (κ3) is 5.02. The van der Waals surface area contributed by atoms with Crippen LogP contribution in [0.15, 0.2) is 211 Å². The fraction of sp³-hybridized carbons (Fsp3) is 0.0377. The molecule has 8 aromatic carbocycles. The predicted molar refractivity (Wildman–Crippen MR) is 228 cm³/mol. The second-order valence-corrected chi connectivity index (χ2v) is 14.7. The molecule has 0 aromatic heterocycles. The number of hydrogen-bond acceptors (Lipinski definition) is 3. The van der Waals surface area contributed by atoms with E-state index in [4.69, 9.17) is 9.73 Å². The molecule has 264 valence electrons. The molecule has 0 radical (unpaired) electrons. The number of allylic oxidation sites excluding steroid dienone is 1. The summed E-state index contributed by atoms with van der Waals surface area (Å²) < 4.78 is 6.89. The number of rotatable bonds is 5. The minimum Gasteiger partial charge on any atom is -0.457 e. The molecular formula is C53H36N2O. The van der Waals surface area contributed by atoms with Crippen LogP contribution in [0.1, 0.15) is 45.1 Å². The highest BCUT2D eigenvalue weighted by molar-refractivity contribution is 6.14. The molecule has 56 heavy (non-hydrogen) atoms. The van der Waals surface area contributed by atoms with Crippen LogP contribution in [-0.4, -0.2) is 5.71 Å². The van der Waals surface area contributed by atoms with E-state index in [0.29, 0.717) is 0 Å². The number of hydrogen-bond donors (Lipinski definition) is 1. The molecule has 1 spiro atoms. The third-order valence-electron chi connectivity index (χ3n) is 11.6. The van der Waals surface area contributed by atoms with Crippen LogP contribution < -0.4 is 10.1 Å². The standard InChI is InChI=1S/C53H36N2O/c1-3-16-35(17-4-1)37-20-15-21-39(32-37)48-34-49(55-52(54-48)36-18-5-2-6-19-36)43-25-8-7-22-40(43)38-30-31-47-51(33-38)56-50-29-14-13-28-46(50)53(47)44-26-11-9-23-41(44)42-24-10-12-27-45(42)53/h1-34,52,55H. The maximum atomic E-state index is 6.89. The van der Waals surface area contributed by atoms with Gasteiger partial charge in [0.25, 0.3) is 0 Å². The van der Waals surface area contributed by atoms with E-state index < -0.39 is 5.41 Å². The van der Waals surface area contributed by atoms with E-state index >= 15 is 0 Å². The van der Waals surface area contributed by atoms with Gasteiger partial charge in [0.05, 0.1) is 11.1 Å². The Bertz CT molecular complexity index is 2830. The summed E-state index contributed by atoms with van der Waals surface area (Å²) in [6.45, 7) is 0. The minimum absolute atomic E-state index is 0.259. The molecule has 1 aliphatic carbocycles. The number of fused-ring (bicyclic) bond motifs is 9. The first-order chi connectivity index (χ1) is 27.8.